The first-order chi connectivity index (χ1) is 9.22. The van der Waals surface area contributed by atoms with E-state index in [1.54, 1.807) is 13.0 Å². The van der Waals surface area contributed by atoms with E-state index in [0.717, 1.165) is 16.6 Å². The minimum Gasteiger partial charge on any atom is -0.424 e. The van der Waals surface area contributed by atoms with Gasteiger partial charge in [0, 0.05) is 11.9 Å². The molecule has 0 atom stereocenters. The van der Waals surface area contributed by atoms with E-state index >= 15 is 0 Å². The van der Waals surface area contributed by atoms with Gasteiger partial charge in [0.1, 0.15) is 0 Å². The normalized spacial score (nSPS) is 12.0. The summed E-state index contributed by atoms with van der Waals surface area (Å²) in [6.07, 6.45) is 0. The summed E-state index contributed by atoms with van der Waals surface area (Å²) >= 11 is 5.98. The van der Waals surface area contributed by atoms with Crippen molar-refractivity contribution in [1.82, 2.24) is 4.98 Å². The predicted molar refractivity (Wildman–Crippen MR) is 75.4 cm³/mol. The minimum atomic E-state index is 0.547. The maximum Gasteiger partial charge on any atom is 0.230 e. The predicted octanol–water partition coefficient (Wildman–Crippen LogP) is 4.02. The maximum atomic E-state index is 5.98. The summed E-state index contributed by atoms with van der Waals surface area (Å²) in [5.41, 5.74) is 2.17. The quantitative estimate of drug-likeness (QED) is 0.670. The largest absolute Gasteiger partial charge is 0.424 e. The second-order valence-electron chi connectivity index (χ2n) is 4.15. The summed E-state index contributed by atoms with van der Waals surface area (Å²) < 4.78 is 5.61. The molecule has 4 heteroatoms. The number of halogens is 1. The maximum absolute atomic E-state index is 5.98. The molecule has 0 spiro atoms. The second-order valence-corrected chi connectivity index (χ2v) is 4.58. The highest BCUT2D eigenvalue weighted by molar-refractivity contribution is 6.31. The summed E-state index contributed by atoms with van der Waals surface area (Å²) in [5, 5.41) is 1.50. The third-order valence-corrected chi connectivity index (χ3v) is 2.93. The van der Waals surface area contributed by atoms with Gasteiger partial charge < -0.3 is 4.42 Å². The smallest absolute Gasteiger partial charge is 0.230 e. The zero-order valence-corrected chi connectivity index (χ0v) is 11.1. The van der Waals surface area contributed by atoms with Crippen LogP contribution in [0.25, 0.3) is 10.9 Å². The van der Waals surface area contributed by atoms with Crippen LogP contribution in [0.15, 0.2) is 57.9 Å². The molecule has 0 aliphatic heterocycles. The molecular formula is C15H11ClN2O. The lowest BCUT2D eigenvalue weighted by Crippen LogP contribution is -2.05. The first kappa shape index (κ1) is 11.9. The molecule has 0 bridgehead atoms. The minimum absolute atomic E-state index is 0.547. The van der Waals surface area contributed by atoms with Crippen molar-refractivity contribution in [2.75, 3.05) is 0 Å². The van der Waals surface area contributed by atoms with Gasteiger partial charge in [0.15, 0.2) is 5.89 Å². The Balaban J connectivity index is 2.32. The molecule has 1 heterocycles. The van der Waals surface area contributed by atoms with Crippen LogP contribution in [0, 0.1) is 6.92 Å². The molecule has 0 amide bonds. The van der Waals surface area contributed by atoms with Crippen molar-refractivity contribution in [2.45, 2.75) is 6.92 Å². The van der Waals surface area contributed by atoms with Crippen LogP contribution >= 0.6 is 11.6 Å². The summed E-state index contributed by atoms with van der Waals surface area (Å²) in [6, 6.07) is 15.2. The lowest BCUT2D eigenvalue weighted by atomic mass is 10.2. The van der Waals surface area contributed by atoms with Gasteiger partial charge in [-0.15, -0.1) is 0 Å². The molecule has 0 saturated heterocycles. The van der Waals surface area contributed by atoms with Crippen molar-refractivity contribution in [3.8, 4) is 0 Å². The lowest BCUT2D eigenvalue weighted by Gasteiger charge is -2.00. The van der Waals surface area contributed by atoms with Gasteiger partial charge >= 0.3 is 0 Å². The second kappa shape index (κ2) is 4.86. The number of nitrogens with zero attached hydrogens (tertiary/aromatic N) is 2. The molecule has 0 aliphatic carbocycles. The third-order valence-electron chi connectivity index (χ3n) is 2.70. The highest BCUT2D eigenvalue weighted by Gasteiger charge is 2.03. The van der Waals surface area contributed by atoms with Gasteiger partial charge in [-0.05, 0) is 30.3 Å². The molecule has 2 aromatic carbocycles. The van der Waals surface area contributed by atoms with E-state index in [1.807, 2.05) is 42.5 Å². The Kier molecular flexibility index (Phi) is 3.05. The van der Waals surface area contributed by atoms with Gasteiger partial charge in [0.05, 0.1) is 16.6 Å². The zero-order valence-electron chi connectivity index (χ0n) is 10.3. The van der Waals surface area contributed by atoms with Crippen LogP contribution in [0.5, 0.6) is 0 Å². The molecule has 3 rings (SSSR count). The van der Waals surface area contributed by atoms with E-state index < -0.39 is 0 Å². The Morgan fingerprint density at radius 3 is 2.68 bits per heavy atom. The Hall–Kier alpha value is -2.13. The number of aryl methyl sites for hydroxylation is 1. The SMILES string of the molecule is Cc1nc2cc(Cl)ccc2c(=Nc2ccccc2)o1. The number of rotatable bonds is 1. The van der Waals surface area contributed by atoms with Crippen LogP contribution < -0.4 is 5.55 Å². The third kappa shape index (κ3) is 2.51. The molecule has 1 aromatic heterocycles. The van der Waals surface area contributed by atoms with Gasteiger partial charge in [-0.3, -0.25) is 0 Å². The van der Waals surface area contributed by atoms with Crippen LogP contribution in [0.2, 0.25) is 5.02 Å². The van der Waals surface area contributed by atoms with E-state index in [4.69, 9.17) is 16.0 Å². The van der Waals surface area contributed by atoms with Crippen molar-refractivity contribution in [2.24, 2.45) is 4.99 Å². The number of fused-ring (bicyclic) bond motifs is 1. The summed E-state index contributed by atoms with van der Waals surface area (Å²) in [4.78, 5) is 8.84. The molecule has 0 aliphatic rings. The Morgan fingerprint density at radius 1 is 1.11 bits per heavy atom. The number of para-hydroxylation sites is 1. The Bertz CT molecular complexity index is 789. The first-order valence-electron chi connectivity index (χ1n) is 5.89. The van der Waals surface area contributed by atoms with Crippen LogP contribution in [0.4, 0.5) is 5.69 Å². The Morgan fingerprint density at radius 2 is 1.89 bits per heavy atom. The van der Waals surface area contributed by atoms with Gasteiger partial charge in [-0.25, -0.2) is 9.98 Å². The van der Waals surface area contributed by atoms with Crippen molar-refractivity contribution in [3.63, 3.8) is 0 Å². The highest BCUT2D eigenvalue weighted by atomic mass is 35.5. The van der Waals surface area contributed by atoms with Crippen LogP contribution in [0.3, 0.4) is 0 Å². The molecule has 0 unspecified atom stereocenters. The molecule has 19 heavy (non-hydrogen) atoms. The molecule has 3 aromatic rings. The molecule has 0 saturated carbocycles. The van der Waals surface area contributed by atoms with E-state index in [1.165, 1.54) is 0 Å². The molecule has 94 valence electrons. The fourth-order valence-electron chi connectivity index (χ4n) is 1.87. The Labute approximate surface area is 115 Å². The fourth-order valence-corrected chi connectivity index (χ4v) is 2.03. The molecule has 0 fully saturated rings. The van der Waals surface area contributed by atoms with Crippen LogP contribution in [0.1, 0.15) is 5.89 Å². The standard InChI is InChI=1S/C15H11ClN2O/c1-10-17-14-9-11(16)7-8-13(14)15(19-10)18-12-5-3-2-4-6-12/h2-9H,1H3. The zero-order chi connectivity index (χ0) is 13.2. The lowest BCUT2D eigenvalue weighted by molar-refractivity contribution is 0.456. The van der Waals surface area contributed by atoms with Gasteiger partial charge in [-0.2, -0.15) is 0 Å². The van der Waals surface area contributed by atoms with Crippen molar-refractivity contribution >= 4 is 28.2 Å². The summed E-state index contributed by atoms with van der Waals surface area (Å²) in [7, 11) is 0. The fraction of sp³-hybridized carbons (Fsp3) is 0.0667. The monoisotopic (exact) mass is 270 g/mol. The van der Waals surface area contributed by atoms with Crippen molar-refractivity contribution < 1.29 is 4.42 Å². The average molecular weight is 271 g/mol. The molecular weight excluding hydrogens is 260 g/mol. The van der Waals surface area contributed by atoms with E-state index in [2.05, 4.69) is 9.98 Å². The van der Waals surface area contributed by atoms with Gasteiger partial charge in [-0.1, -0.05) is 29.8 Å². The summed E-state index contributed by atoms with van der Waals surface area (Å²) in [5.74, 6) is 0.560. The molecule has 0 radical (unpaired) electrons. The van der Waals surface area contributed by atoms with Gasteiger partial charge in [0.2, 0.25) is 5.55 Å². The number of hydrogen-bond donors (Lipinski definition) is 0. The van der Waals surface area contributed by atoms with E-state index in [-0.39, 0.29) is 0 Å². The average Bonchev–Trinajstić information content (AvgIpc) is 2.39. The van der Waals surface area contributed by atoms with Crippen molar-refractivity contribution in [3.05, 3.63) is 65.0 Å². The first-order valence-corrected chi connectivity index (χ1v) is 6.27. The van der Waals surface area contributed by atoms with Gasteiger partial charge in [0.25, 0.3) is 0 Å². The van der Waals surface area contributed by atoms with Crippen molar-refractivity contribution in [1.29, 1.82) is 0 Å². The summed E-state index contributed by atoms with van der Waals surface area (Å²) in [6.45, 7) is 1.80. The van der Waals surface area contributed by atoms with E-state index in [9.17, 15) is 0 Å². The molecule has 3 nitrogen and oxygen atoms in total. The number of aromatic nitrogens is 1. The van der Waals surface area contributed by atoms with Crippen LogP contribution in [-0.2, 0) is 0 Å². The number of benzene rings is 2. The van der Waals surface area contributed by atoms with E-state index in [0.29, 0.717) is 16.5 Å². The highest BCUT2D eigenvalue weighted by Crippen LogP contribution is 2.16. The molecule has 0 N–H and O–H groups in total. The number of hydrogen-bond acceptors (Lipinski definition) is 3. The topological polar surface area (TPSA) is 38.4 Å². The van der Waals surface area contributed by atoms with Crippen LogP contribution in [-0.4, -0.2) is 4.98 Å².